The van der Waals surface area contributed by atoms with Gasteiger partial charge in [0.1, 0.15) is 13.2 Å². The second-order valence-corrected chi connectivity index (χ2v) is 7.17. The maximum atomic E-state index is 5.56. The van der Waals surface area contributed by atoms with Gasteiger partial charge in [0, 0.05) is 5.41 Å². The fourth-order valence-corrected chi connectivity index (χ4v) is 2.85. The molecule has 25 heavy (non-hydrogen) atoms. The third-order valence-electron chi connectivity index (χ3n) is 4.83. The van der Waals surface area contributed by atoms with Gasteiger partial charge in [-0.15, -0.1) is 0 Å². The van der Waals surface area contributed by atoms with Crippen LogP contribution in [-0.2, 0) is 37.6 Å². The Morgan fingerprint density at radius 2 is 1.12 bits per heavy atom. The van der Waals surface area contributed by atoms with Crippen molar-refractivity contribution >= 4 is 0 Å². The summed E-state index contributed by atoms with van der Waals surface area (Å²) in [6.45, 7) is 7.15. The van der Waals surface area contributed by atoms with Crippen molar-refractivity contribution in [3.63, 3.8) is 0 Å². The van der Waals surface area contributed by atoms with Gasteiger partial charge in [-0.3, -0.25) is 0 Å². The average Bonchev–Trinajstić information content (AvgIpc) is 3.54. The lowest BCUT2D eigenvalue weighted by Gasteiger charge is -2.26. The lowest BCUT2D eigenvalue weighted by atomic mass is 9.78. The van der Waals surface area contributed by atoms with Crippen molar-refractivity contribution in [1.82, 2.24) is 0 Å². The number of ether oxygens (including phenoxy) is 4. The van der Waals surface area contributed by atoms with Crippen molar-refractivity contribution in [2.45, 2.75) is 45.1 Å². The van der Waals surface area contributed by atoms with E-state index >= 15 is 0 Å². The molecule has 0 saturated carbocycles. The molecule has 0 spiro atoms. The molecule has 2 atom stereocenters. The van der Waals surface area contributed by atoms with Gasteiger partial charge in [-0.1, -0.05) is 62.4 Å². The Morgan fingerprint density at radius 3 is 1.44 bits per heavy atom. The summed E-state index contributed by atoms with van der Waals surface area (Å²) in [6, 6.07) is 17.3. The SMILES string of the molecule is CC(C)(c1ccc(COC2CO2)cc1)c1ccc(COC2CO2)cc1. The molecule has 4 heteroatoms. The summed E-state index contributed by atoms with van der Waals surface area (Å²) in [5.74, 6) is 0. The van der Waals surface area contributed by atoms with E-state index in [0.29, 0.717) is 13.2 Å². The highest BCUT2D eigenvalue weighted by molar-refractivity contribution is 5.39. The van der Waals surface area contributed by atoms with Crippen LogP contribution in [0.15, 0.2) is 48.5 Å². The monoisotopic (exact) mass is 340 g/mol. The molecule has 2 fully saturated rings. The highest BCUT2D eigenvalue weighted by Crippen LogP contribution is 2.32. The molecular formula is C21H24O4. The van der Waals surface area contributed by atoms with Crippen LogP contribution in [0.2, 0.25) is 0 Å². The molecule has 0 aliphatic carbocycles. The number of hydrogen-bond acceptors (Lipinski definition) is 4. The Labute approximate surface area is 148 Å². The van der Waals surface area contributed by atoms with Crippen LogP contribution in [0.4, 0.5) is 0 Å². The molecule has 0 bridgehead atoms. The van der Waals surface area contributed by atoms with Gasteiger partial charge < -0.3 is 18.9 Å². The Morgan fingerprint density at radius 1 is 0.760 bits per heavy atom. The maximum absolute atomic E-state index is 5.56. The van der Waals surface area contributed by atoms with E-state index in [1.54, 1.807) is 0 Å². The van der Waals surface area contributed by atoms with E-state index in [2.05, 4.69) is 62.4 Å². The maximum Gasteiger partial charge on any atom is 0.181 e. The van der Waals surface area contributed by atoms with Gasteiger partial charge in [0.2, 0.25) is 0 Å². The highest BCUT2D eigenvalue weighted by atomic mass is 16.8. The molecule has 2 aromatic carbocycles. The van der Waals surface area contributed by atoms with E-state index in [1.165, 1.54) is 22.3 Å². The standard InChI is InChI=1S/C21H24O4/c1-21(2,17-7-3-15(4-8-17)11-22-19-13-24-19)18-9-5-16(6-10-18)12-23-20-14-25-20/h3-10,19-20H,11-14H2,1-2H3. The quantitative estimate of drug-likeness (QED) is 0.686. The van der Waals surface area contributed by atoms with E-state index < -0.39 is 0 Å². The van der Waals surface area contributed by atoms with Gasteiger partial charge in [0.25, 0.3) is 0 Å². The minimum Gasteiger partial charge on any atom is -0.346 e. The molecule has 2 unspecified atom stereocenters. The topological polar surface area (TPSA) is 43.5 Å². The van der Waals surface area contributed by atoms with Gasteiger partial charge in [0.05, 0.1) is 13.2 Å². The van der Waals surface area contributed by atoms with E-state index in [0.717, 1.165) is 13.2 Å². The molecule has 0 N–H and O–H groups in total. The van der Waals surface area contributed by atoms with Crippen molar-refractivity contribution in [2.24, 2.45) is 0 Å². The first kappa shape index (κ1) is 16.7. The zero-order chi connectivity index (χ0) is 17.3. The highest BCUT2D eigenvalue weighted by Gasteiger charge is 2.25. The Hall–Kier alpha value is -1.72. The predicted molar refractivity (Wildman–Crippen MR) is 94.1 cm³/mol. The van der Waals surface area contributed by atoms with Crippen molar-refractivity contribution < 1.29 is 18.9 Å². The lowest BCUT2D eigenvalue weighted by Crippen LogP contribution is -2.19. The predicted octanol–water partition coefficient (Wildman–Crippen LogP) is 3.76. The molecule has 2 heterocycles. The first-order valence-corrected chi connectivity index (χ1v) is 8.76. The number of benzene rings is 2. The third-order valence-corrected chi connectivity index (χ3v) is 4.83. The van der Waals surface area contributed by atoms with Crippen molar-refractivity contribution in [1.29, 1.82) is 0 Å². The molecule has 0 aromatic heterocycles. The Balaban J connectivity index is 1.41. The molecular weight excluding hydrogens is 316 g/mol. The first-order chi connectivity index (χ1) is 12.1. The molecule has 132 valence electrons. The van der Waals surface area contributed by atoms with Crippen LogP contribution in [0.1, 0.15) is 36.1 Å². The number of rotatable bonds is 8. The van der Waals surface area contributed by atoms with Crippen molar-refractivity contribution in [2.75, 3.05) is 13.2 Å². The largest absolute Gasteiger partial charge is 0.346 e. The zero-order valence-corrected chi connectivity index (χ0v) is 14.7. The van der Waals surface area contributed by atoms with Crippen molar-refractivity contribution in [3.05, 3.63) is 70.8 Å². The minimum absolute atomic E-state index is 0.00471. The van der Waals surface area contributed by atoms with Gasteiger partial charge >= 0.3 is 0 Å². The summed E-state index contributed by atoms with van der Waals surface area (Å²) in [5.41, 5.74) is 4.86. The second kappa shape index (κ2) is 6.89. The first-order valence-electron chi connectivity index (χ1n) is 8.76. The van der Waals surface area contributed by atoms with Crippen LogP contribution in [0, 0.1) is 0 Å². The molecule has 2 aromatic rings. The Bertz CT molecular complexity index is 636. The Kier molecular flexibility index (Phi) is 4.61. The number of epoxide rings is 2. The van der Waals surface area contributed by atoms with Gasteiger partial charge in [-0.25, -0.2) is 0 Å². The van der Waals surface area contributed by atoms with Gasteiger partial charge in [0.15, 0.2) is 12.6 Å². The van der Waals surface area contributed by atoms with Gasteiger partial charge in [-0.2, -0.15) is 0 Å². The molecule has 4 nitrogen and oxygen atoms in total. The second-order valence-electron chi connectivity index (χ2n) is 7.17. The van der Waals surface area contributed by atoms with Crippen LogP contribution in [0.5, 0.6) is 0 Å². The molecule has 0 amide bonds. The summed E-state index contributed by atoms with van der Waals surface area (Å²) >= 11 is 0. The summed E-state index contributed by atoms with van der Waals surface area (Å²) in [7, 11) is 0. The van der Waals surface area contributed by atoms with E-state index in [4.69, 9.17) is 18.9 Å². The lowest BCUT2D eigenvalue weighted by molar-refractivity contribution is 0.0384. The fourth-order valence-electron chi connectivity index (χ4n) is 2.85. The third kappa shape index (κ3) is 4.28. The summed E-state index contributed by atoms with van der Waals surface area (Å²) in [4.78, 5) is 0. The summed E-state index contributed by atoms with van der Waals surface area (Å²) in [6.07, 6.45) is 0.00942. The van der Waals surface area contributed by atoms with Crippen molar-refractivity contribution in [3.8, 4) is 0 Å². The zero-order valence-electron chi connectivity index (χ0n) is 14.7. The van der Waals surface area contributed by atoms with Gasteiger partial charge in [-0.05, 0) is 22.3 Å². The smallest absolute Gasteiger partial charge is 0.181 e. The van der Waals surface area contributed by atoms with E-state index in [9.17, 15) is 0 Å². The normalized spacial score (nSPS) is 22.0. The van der Waals surface area contributed by atoms with Crippen LogP contribution in [-0.4, -0.2) is 25.8 Å². The molecule has 4 rings (SSSR count). The van der Waals surface area contributed by atoms with Crippen LogP contribution in [0.3, 0.4) is 0 Å². The molecule has 2 aliphatic heterocycles. The summed E-state index contributed by atoms with van der Waals surface area (Å²) < 4.78 is 21.3. The fraction of sp³-hybridized carbons (Fsp3) is 0.429. The summed E-state index contributed by atoms with van der Waals surface area (Å²) in [5, 5.41) is 0. The van der Waals surface area contributed by atoms with Crippen LogP contribution < -0.4 is 0 Å². The molecule has 0 radical (unpaired) electrons. The molecule has 2 saturated heterocycles. The van der Waals surface area contributed by atoms with E-state index in [-0.39, 0.29) is 18.0 Å². The molecule has 2 aliphatic rings. The number of hydrogen-bond donors (Lipinski definition) is 0. The minimum atomic E-state index is -0.0576. The van der Waals surface area contributed by atoms with Crippen LogP contribution in [0.25, 0.3) is 0 Å². The average molecular weight is 340 g/mol. The van der Waals surface area contributed by atoms with E-state index in [1.807, 2.05) is 0 Å². The van der Waals surface area contributed by atoms with Crippen LogP contribution >= 0.6 is 0 Å².